The van der Waals surface area contributed by atoms with Gasteiger partial charge in [-0.1, -0.05) is 60.2 Å². The quantitative estimate of drug-likeness (QED) is 0.459. The van der Waals surface area contributed by atoms with Crippen LogP contribution in [0.15, 0.2) is 67.0 Å². The third kappa shape index (κ3) is 4.49. The Bertz CT molecular complexity index is 1270. The fourth-order valence-electron chi connectivity index (χ4n) is 4.74. The number of methoxy groups -OCH3 is 1. The molecule has 0 aliphatic carbocycles. The molecule has 0 bridgehead atoms. The van der Waals surface area contributed by atoms with Gasteiger partial charge in [-0.2, -0.15) is 0 Å². The topological polar surface area (TPSA) is 85.2 Å². The van der Waals surface area contributed by atoms with E-state index in [1.54, 1.807) is 18.1 Å². The molecule has 174 valence electrons. The van der Waals surface area contributed by atoms with E-state index in [1.165, 1.54) is 5.56 Å². The first-order valence-electron chi connectivity index (χ1n) is 11.5. The largest absolute Gasteiger partial charge is 0.496 e. The number of likely N-dealkylation sites (tertiary alicyclic amines) is 1. The standard InChI is InChI=1S/C26H28N6O2/c1-18-7-9-19(10-8-18)14-27-26(33)24-13-21(32-17-28-29-30-32)15-31(24)16-23-22-6-4-3-5-20(22)11-12-25(23)34-2/h3-12,17,21,24H,13-16H2,1-2H3,(H,27,33)/t21-,24+/m1/s1. The molecule has 0 spiro atoms. The molecule has 0 unspecified atom stereocenters. The summed E-state index contributed by atoms with van der Waals surface area (Å²) in [5.41, 5.74) is 3.36. The molecule has 1 aliphatic heterocycles. The first-order chi connectivity index (χ1) is 16.6. The predicted octanol–water partition coefficient (Wildman–Crippen LogP) is 3.28. The second-order valence-corrected chi connectivity index (χ2v) is 8.80. The average molecular weight is 457 g/mol. The summed E-state index contributed by atoms with van der Waals surface area (Å²) < 4.78 is 7.46. The van der Waals surface area contributed by atoms with Crippen LogP contribution in [0.3, 0.4) is 0 Å². The summed E-state index contributed by atoms with van der Waals surface area (Å²) in [7, 11) is 1.69. The zero-order chi connectivity index (χ0) is 23.5. The van der Waals surface area contributed by atoms with Gasteiger partial charge < -0.3 is 10.1 Å². The van der Waals surface area contributed by atoms with Gasteiger partial charge in [0.25, 0.3) is 0 Å². The smallest absolute Gasteiger partial charge is 0.237 e. The normalized spacial score (nSPS) is 18.3. The average Bonchev–Trinajstić information content (AvgIpc) is 3.54. The molecule has 4 aromatic rings. The molecule has 1 saturated heterocycles. The number of carbonyl (C=O) groups is 1. The van der Waals surface area contributed by atoms with Crippen LogP contribution >= 0.6 is 0 Å². The maximum atomic E-state index is 13.4. The summed E-state index contributed by atoms with van der Waals surface area (Å²) in [4.78, 5) is 15.6. The monoisotopic (exact) mass is 456 g/mol. The first kappa shape index (κ1) is 22.0. The third-order valence-corrected chi connectivity index (χ3v) is 6.59. The minimum atomic E-state index is -0.302. The number of aromatic nitrogens is 4. The van der Waals surface area contributed by atoms with Crippen molar-refractivity contribution in [2.45, 2.75) is 38.5 Å². The van der Waals surface area contributed by atoms with Crippen LogP contribution in [0, 0.1) is 6.92 Å². The van der Waals surface area contributed by atoms with Gasteiger partial charge in [-0.25, -0.2) is 4.68 Å². The lowest BCUT2D eigenvalue weighted by molar-refractivity contribution is -0.125. The van der Waals surface area contributed by atoms with Gasteiger partial charge in [-0.15, -0.1) is 5.10 Å². The van der Waals surface area contributed by atoms with Crippen LogP contribution in [0.1, 0.15) is 29.2 Å². The minimum absolute atomic E-state index is 0.00959. The molecular formula is C26H28N6O2. The van der Waals surface area contributed by atoms with Crippen molar-refractivity contribution < 1.29 is 9.53 Å². The highest BCUT2D eigenvalue weighted by atomic mass is 16.5. The third-order valence-electron chi connectivity index (χ3n) is 6.59. The molecule has 1 fully saturated rings. The highest BCUT2D eigenvalue weighted by Gasteiger charge is 2.38. The summed E-state index contributed by atoms with van der Waals surface area (Å²) in [5, 5.41) is 17.1. The number of rotatable bonds is 7. The number of carbonyl (C=O) groups excluding carboxylic acids is 1. The van der Waals surface area contributed by atoms with E-state index in [4.69, 9.17) is 4.74 Å². The number of hydrogen-bond donors (Lipinski definition) is 1. The first-order valence-corrected chi connectivity index (χ1v) is 11.5. The fraction of sp³-hybridized carbons (Fsp3) is 0.308. The number of aryl methyl sites for hydroxylation is 1. The number of amides is 1. The summed E-state index contributed by atoms with van der Waals surface area (Å²) >= 11 is 0. The van der Waals surface area contributed by atoms with Crippen LogP contribution < -0.4 is 10.1 Å². The van der Waals surface area contributed by atoms with Crippen molar-refractivity contribution in [2.75, 3.05) is 13.7 Å². The van der Waals surface area contributed by atoms with E-state index in [1.807, 2.05) is 30.3 Å². The molecule has 34 heavy (non-hydrogen) atoms. The van der Waals surface area contributed by atoms with Gasteiger partial charge in [0.2, 0.25) is 5.91 Å². The van der Waals surface area contributed by atoms with Gasteiger partial charge in [0.1, 0.15) is 12.1 Å². The highest BCUT2D eigenvalue weighted by Crippen LogP contribution is 2.34. The van der Waals surface area contributed by atoms with Crippen LogP contribution in [-0.4, -0.2) is 50.7 Å². The van der Waals surface area contributed by atoms with Gasteiger partial charge in [-0.05, 0) is 46.2 Å². The molecular weight excluding hydrogens is 428 g/mol. The van der Waals surface area contributed by atoms with Crippen LogP contribution in [-0.2, 0) is 17.9 Å². The zero-order valence-electron chi connectivity index (χ0n) is 19.4. The van der Waals surface area contributed by atoms with Gasteiger partial charge in [0, 0.05) is 25.2 Å². The second kappa shape index (κ2) is 9.61. The Morgan fingerprint density at radius 2 is 1.94 bits per heavy atom. The van der Waals surface area contributed by atoms with Crippen LogP contribution in [0.2, 0.25) is 0 Å². The summed E-state index contributed by atoms with van der Waals surface area (Å²) in [5.74, 6) is 0.832. The van der Waals surface area contributed by atoms with Crippen molar-refractivity contribution >= 4 is 16.7 Å². The van der Waals surface area contributed by atoms with Crippen molar-refractivity contribution in [1.82, 2.24) is 30.4 Å². The molecule has 8 nitrogen and oxygen atoms in total. The van der Waals surface area contributed by atoms with Crippen molar-refractivity contribution in [3.63, 3.8) is 0 Å². The summed E-state index contributed by atoms with van der Waals surface area (Å²) in [6.07, 6.45) is 2.26. The van der Waals surface area contributed by atoms with E-state index in [-0.39, 0.29) is 18.0 Å². The Morgan fingerprint density at radius 3 is 2.71 bits per heavy atom. The van der Waals surface area contributed by atoms with Crippen LogP contribution in [0.25, 0.3) is 10.8 Å². The number of nitrogens with one attached hydrogen (secondary N) is 1. The van der Waals surface area contributed by atoms with Gasteiger partial charge in [0.15, 0.2) is 0 Å². The molecule has 5 rings (SSSR count). The van der Waals surface area contributed by atoms with Crippen LogP contribution in [0.5, 0.6) is 5.75 Å². The Balaban J connectivity index is 1.41. The Morgan fingerprint density at radius 1 is 1.12 bits per heavy atom. The van der Waals surface area contributed by atoms with Gasteiger partial charge >= 0.3 is 0 Å². The van der Waals surface area contributed by atoms with Crippen molar-refractivity contribution in [2.24, 2.45) is 0 Å². The van der Waals surface area contributed by atoms with Crippen molar-refractivity contribution in [3.05, 3.63) is 83.7 Å². The minimum Gasteiger partial charge on any atom is -0.496 e. The van der Waals surface area contributed by atoms with E-state index in [2.05, 4.69) is 63.0 Å². The number of fused-ring (bicyclic) bond motifs is 1. The molecule has 0 radical (unpaired) electrons. The van der Waals surface area contributed by atoms with E-state index in [0.717, 1.165) is 27.6 Å². The number of nitrogens with zero attached hydrogens (tertiary/aromatic N) is 5. The Hall–Kier alpha value is -3.78. The second-order valence-electron chi connectivity index (χ2n) is 8.80. The lowest BCUT2D eigenvalue weighted by atomic mass is 10.0. The lowest BCUT2D eigenvalue weighted by Crippen LogP contribution is -2.42. The van der Waals surface area contributed by atoms with E-state index in [0.29, 0.717) is 26.1 Å². The zero-order valence-corrected chi connectivity index (χ0v) is 19.4. The van der Waals surface area contributed by atoms with E-state index < -0.39 is 0 Å². The molecule has 1 amide bonds. The molecule has 2 heterocycles. The van der Waals surface area contributed by atoms with E-state index >= 15 is 0 Å². The predicted molar refractivity (Wildman–Crippen MR) is 129 cm³/mol. The van der Waals surface area contributed by atoms with Crippen molar-refractivity contribution in [1.29, 1.82) is 0 Å². The molecule has 1 N–H and O–H groups in total. The molecule has 8 heteroatoms. The van der Waals surface area contributed by atoms with Crippen molar-refractivity contribution in [3.8, 4) is 5.75 Å². The number of ether oxygens (including phenoxy) is 1. The van der Waals surface area contributed by atoms with E-state index in [9.17, 15) is 4.79 Å². The molecule has 1 aromatic heterocycles. The lowest BCUT2D eigenvalue weighted by Gasteiger charge is -2.25. The fourth-order valence-corrected chi connectivity index (χ4v) is 4.74. The highest BCUT2D eigenvalue weighted by molar-refractivity contribution is 5.88. The number of hydrogen-bond acceptors (Lipinski definition) is 6. The molecule has 1 aliphatic rings. The number of benzene rings is 3. The maximum absolute atomic E-state index is 13.4. The molecule has 3 aromatic carbocycles. The van der Waals surface area contributed by atoms with Gasteiger partial charge in [0.05, 0.1) is 19.2 Å². The maximum Gasteiger partial charge on any atom is 0.237 e. The SMILES string of the molecule is COc1ccc2ccccc2c1CN1C[C@H](n2cnnn2)C[C@H]1C(=O)NCc1ccc(C)cc1. The summed E-state index contributed by atoms with van der Waals surface area (Å²) in [6, 6.07) is 20.3. The molecule has 2 atom stereocenters. The van der Waals surface area contributed by atoms with Crippen LogP contribution in [0.4, 0.5) is 0 Å². The number of tetrazole rings is 1. The molecule has 0 saturated carbocycles. The Labute approximate surface area is 198 Å². The van der Waals surface area contributed by atoms with Gasteiger partial charge in [-0.3, -0.25) is 9.69 Å². The Kier molecular flexibility index (Phi) is 6.22. The summed E-state index contributed by atoms with van der Waals surface area (Å²) in [6.45, 7) is 3.81.